The molecule has 224 valence electrons. The Bertz CT molecular complexity index is 1570. The molecule has 0 aromatic heterocycles. The summed E-state index contributed by atoms with van der Waals surface area (Å²) in [7, 11) is -0.580. The molecule has 0 radical (unpaired) electrons. The highest BCUT2D eigenvalue weighted by Gasteiger charge is 2.31. The molecule has 12 heteroatoms. The average Bonchev–Trinajstić information content (AvgIpc) is 2.98. The van der Waals surface area contributed by atoms with Gasteiger partial charge in [-0.05, 0) is 37.3 Å². The molecule has 0 bridgehead atoms. The van der Waals surface area contributed by atoms with Crippen molar-refractivity contribution >= 4 is 44.1 Å². The molecular weight excluding hydrogens is 567 g/mol. The lowest BCUT2D eigenvalue weighted by Gasteiger charge is -2.31. The zero-order valence-corrected chi connectivity index (χ0v) is 24.6. The van der Waals surface area contributed by atoms with Gasteiger partial charge >= 0.3 is 11.9 Å². The Morgan fingerprint density at radius 3 is 2.19 bits per heavy atom. The SMILES string of the molecule is C#CCN(c1ccc(N(CC(=O)OC)S(=O)(=O)c2ccc(OCCOC)c(F)c2)c2ccccc12)[C@@H](C)CC(=O)OC. The molecule has 3 rings (SSSR count). The second-order valence-corrected chi connectivity index (χ2v) is 11.0. The Kier molecular flexibility index (Phi) is 11.1. The maximum Gasteiger partial charge on any atom is 0.326 e. The molecule has 0 N–H and O–H groups in total. The van der Waals surface area contributed by atoms with Gasteiger partial charge in [-0.1, -0.05) is 30.2 Å². The number of terminal acetylenes is 1. The average molecular weight is 601 g/mol. The van der Waals surface area contributed by atoms with Crippen LogP contribution in [0.25, 0.3) is 10.8 Å². The van der Waals surface area contributed by atoms with Gasteiger partial charge in [-0.2, -0.15) is 0 Å². The van der Waals surface area contributed by atoms with Crippen LogP contribution < -0.4 is 13.9 Å². The summed E-state index contributed by atoms with van der Waals surface area (Å²) >= 11 is 0. The Morgan fingerprint density at radius 1 is 0.952 bits per heavy atom. The normalized spacial score (nSPS) is 11.8. The molecule has 1 atom stereocenters. The number of ether oxygens (including phenoxy) is 4. The minimum absolute atomic E-state index is 0.0633. The van der Waals surface area contributed by atoms with Gasteiger partial charge in [-0.25, -0.2) is 12.8 Å². The predicted octanol–water partition coefficient (Wildman–Crippen LogP) is 3.76. The van der Waals surface area contributed by atoms with Crippen LogP contribution >= 0.6 is 0 Å². The third-order valence-corrected chi connectivity index (χ3v) is 8.23. The molecule has 0 aliphatic rings. The Morgan fingerprint density at radius 2 is 1.60 bits per heavy atom. The number of hydrogen-bond acceptors (Lipinski definition) is 9. The smallest absolute Gasteiger partial charge is 0.326 e. The second kappa shape index (κ2) is 14.5. The molecule has 0 aliphatic heterocycles. The van der Waals surface area contributed by atoms with Gasteiger partial charge in [0.1, 0.15) is 13.2 Å². The van der Waals surface area contributed by atoms with E-state index in [2.05, 4.69) is 5.92 Å². The molecule has 0 aliphatic carbocycles. The Hall–Kier alpha value is -4.34. The van der Waals surface area contributed by atoms with Gasteiger partial charge in [0.2, 0.25) is 0 Å². The first kappa shape index (κ1) is 32.2. The van der Waals surface area contributed by atoms with Crippen molar-refractivity contribution < 1.29 is 41.3 Å². The molecule has 0 spiro atoms. The number of carbonyl (C=O) groups is 2. The molecule has 0 amide bonds. The maximum absolute atomic E-state index is 14.9. The van der Waals surface area contributed by atoms with E-state index in [1.54, 1.807) is 30.3 Å². The lowest BCUT2D eigenvalue weighted by Crippen LogP contribution is -2.37. The van der Waals surface area contributed by atoms with Crippen molar-refractivity contribution in [1.82, 2.24) is 0 Å². The zero-order valence-electron chi connectivity index (χ0n) is 23.8. The highest BCUT2D eigenvalue weighted by atomic mass is 32.2. The quantitative estimate of drug-likeness (QED) is 0.155. The Labute approximate surface area is 245 Å². The molecule has 10 nitrogen and oxygen atoms in total. The highest BCUT2D eigenvalue weighted by Crippen LogP contribution is 2.38. The van der Waals surface area contributed by atoms with Crippen molar-refractivity contribution in [3.63, 3.8) is 0 Å². The van der Waals surface area contributed by atoms with E-state index in [0.29, 0.717) is 16.5 Å². The summed E-state index contributed by atoms with van der Waals surface area (Å²) in [5.74, 6) is 0.322. The number of carbonyl (C=O) groups excluding carboxylic acids is 2. The minimum atomic E-state index is -4.49. The van der Waals surface area contributed by atoms with Gasteiger partial charge in [0.05, 0.1) is 44.4 Å². The van der Waals surface area contributed by atoms with Crippen LogP contribution in [0.1, 0.15) is 13.3 Å². The zero-order chi connectivity index (χ0) is 30.9. The first-order chi connectivity index (χ1) is 20.1. The molecule has 42 heavy (non-hydrogen) atoms. The molecule has 0 fully saturated rings. The summed E-state index contributed by atoms with van der Waals surface area (Å²) in [5, 5.41) is 1.08. The van der Waals surface area contributed by atoms with E-state index < -0.39 is 39.2 Å². The van der Waals surface area contributed by atoms with E-state index in [1.165, 1.54) is 32.4 Å². The third-order valence-electron chi connectivity index (χ3n) is 6.48. The van der Waals surface area contributed by atoms with Crippen LogP contribution in [0.4, 0.5) is 15.8 Å². The molecular formula is C30H33FN2O8S. The number of hydrogen-bond donors (Lipinski definition) is 0. The van der Waals surface area contributed by atoms with Gasteiger partial charge in [-0.15, -0.1) is 6.42 Å². The van der Waals surface area contributed by atoms with E-state index >= 15 is 0 Å². The maximum atomic E-state index is 14.9. The van der Waals surface area contributed by atoms with Gasteiger partial charge in [0.25, 0.3) is 10.0 Å². The van der Waals surface area contributed by atoms with Gasteiger partial charge in [0.15, 0.2) is 11.6 Å². The molecule has 3 aromatic carbocycles. The largest absolute Gasteiger partial charge is 0.488 e. The summed E-state index contributed by atoms with van der Waals surface area (Å²) in [5.41, 5.74) is 0.796. The van der Waals surface area contributed by atoms with Crippen LogP contribution in [-0.2, 0) is 33.8 Å². The number of esters is 2. The van der Waals surface area contributed by atoms with E-state index in [-0.39, 0.29) is 43.7 Å². The number of benzene rings is 3. The van der Waals surface area contributed by atoms with Crippen molar-refractivity contribution in [3.05, 3.63) is 60.4 Å². The number of nitrogens with zero attached hydrogens (tertiary/aromatic N) is 2. The highest BCUT2D eigenvalue weighted by molar-refractivity contribution is 7.92. The molecule has 0 unspecified atom stereocenters. The van der Waals surface area contributed by atoms with Gasteiger partial charge in [0, 0.05) is 29.6 Å². The fourth-order valence-corrected chi connectivity index (χ4v) is 5.79. The number of methoxy groups -OCH3 is 3. The fourth-order valence-electron chi connectivity index (χ4n) is 4.35. The standard InChI is InChI=1S/C30H33FN2O8S/c1-6-15-32(21(2)18-29(34)39-4)26-12-13-27(24-10-8-7-9-23(24)26)33(20-30(35)40-5)42(36,37)22-11-14-28(25(31)19-22)41-17-16-38-3/h1,7-14,19,21H,15-18,20H2,2-5H3/t21-/m0/s1. The Balaban J connectivity index is 2.16. The van der Waals surface area contributed by atoms with Crippen LogP contribution in [-0.4, -0.2) is 74.0 Å². The lowest BCUT2D eigenvalue weighted by atomic mass is 10.0. The van der Waals surface area contributed by atoms with Crippen molar-refractivity contribution in [2.24, 2.45) is 0 Å². The van der Waals surface area contributed by atoms with Gasteiger partial charge in [-0.3, -0.25) is 13.9 Å². The topological polar surface area (TPSA) is 112 Å². The first-order valence-corrected chi connectivity index (χ1v) is 14.3. The summed E-state index contributed by atoms with van der Waals surface area (Å²) in [6, 6.07) is 13.0. The van der Waals surface area contributed by atoms with E-state index in [9.17, 15) is 22.4 Å². The van der Waals surface area contributed by atoms with Crippen molar-refractivity contribution in [1.29, 1.82) is 0 Å². The van der Waals surface area contributed by atoms with Crippen molar-refractivity contribution in [2.75, 3.05) is 56.8 Å². The summed E-state index contributed by atoms with van der Waals surface area (Å²) in [4.78, 5) is 25.9. The number of sulfonamides is 1. The number of rotatable bonds is 14. The van der Waals surface area contributed by atoms with E-state index in [1.807, 2.05) is 11.8 Å². The van der Waals surface area contributed by atoms with Crippen LogP contribution in [0.15, 0.2) is 59.5 Å². The molecule has 3 aromatic rings. The third kappa shape index (κ3) is 7.29. The second-order valence-electron chi connectivity index (χ2n) is 9.13. The van der Waals surface area contributed by atoms with E-state index in [0.717, 1.165) is 17.5 Å². The predicted molar refractivity (Wildman–Crippen MR) is 157 cm³/mol. The van der Waals surface area contributed by atoms with Crippen LogP contribution in [0.2, 0.25) is 0 Å². The van der Waals surface area contributed by atoms with Gasteiger partial charge < -0.3 is 23.8 Å². The number of fused-ring (bicyclic) bond motifs is 1. The number of halogens is 1. The summed E-state index contributed by atoms with van der Waals surface area (Å²) in [6.45, 7) is 1.59. The molecule has 0 saturated carbocycles. The summed E-state index contributed by atoms with van der Waals surface area (Å²) in [6.07, 6.45) is 5.71. The minimum Gasteiger partial charge on any atom is -0.488 e. The molecule has 0 saturated heterocycles. The fraction of sp³-hybridized carbons (Fsp3) is 0.333. The van der Waals surface area contributed by atoms with Crippen LogP contribution in [0.3, 0.4) is 0 Å². The van der Waals surface area contributed by atoms with Crippen LogP contribution in [0, 0.1) is 18.2 Å². The first-order valence-electron chi connectivity index (χ1n) is 12.9. The van der Waals surface area contributed by atoms with Crippen molar-refractivity contribution in [3.8, 4) is 18.1 Å². The van der Waals surface area contributed by atoms with Crippen molar-refractivity contribution in [2.45, 2.75) is 24.3 Å². The lowest BCUT2D eigenvalue weighted by molar-refractivity contribution is -0.141. The van der Waals surface area contributed by atoms with E-state index in [4.69, 9.17) is 25.4 Å². The number of anilines is 2. The summed E-state index contributed by atoms with van der Waals surface area (Å²) < 4.78 is 63.4. The monoisotopic (exact) mass is 600 g/mol. The molecule has 0 heterocycles. The van der Waals surface area contributed by atoms with Crippen LogP contribution in [0.5, 0.6) is 5.75 Å².